The highest BCUT2D eigenvalue weighted by Crippen LogP contribution is 2.57. The summed E-state index contributed by atoms with van der Waals surface area (Å²) in [4.78, 5) is 5.25. The molecule has 0 radical (unpaired) electrons. The van der Waals surface area contributed by atoms with Gasteiger partial charge >= 0.3 is 6.85 Å². The van der Waals surface area contributed by atoms with Crippen LogP contribution in [0.4, 0.5) is 22.7 Å². The Morgan fingerprint density at radius 1 is 0.507 bits per heavy atom. The van der Waals surface area contributed by atoms with Crippen LogP contribution in [0, 0.1) is 0 Å². The first-order valence-electron chi connectivity index (χ1n) is 24.6. The zero-order valence-corrected chi connectivity index (χ0v) is 42.3. The van der Waals surface area contributed by atoms with E-state index in [0.29, 0.717) is 0 Å². The number of rotatable bonds is 4. The molecule has 7 aromatic carbocycles. The maximum absolute atomic E-state index is 2.77. The summed E-state index contributed by atoms with van der Waals surface area (Å²) < 4.78 is 2.67. The molecular weight excluding hydrogens is 810 g/mol. The lowest BCUT2D eigenvalue weighted by molar-refractivity contribution is 0.588. The second-order valence-electron chi connectivity index (χ2n) is 24.4. The number of allylic oxidation sites excluding steroid dienone is 1. The number of nitrogens with zero attached hydrogens (tertiary/aromatic N) is 3. The summed E-state index contributed by atoms with van der Waals surface area (Å²) in [6.07, 6.45) is 0. The molecule has 1 aromatic heterocycles. The lowest BCUT2D eigenvalue weighted by Crippen LogP contribution is -2.62. The van der Waals surface area contributed by atoms with Crippen LogP contribution in [0.1, 0.15) is 136 Å². The van der Waals surface area contributed by atoms with Crippen LogP contribution in [0.3, 0.4) is 0 Å². The molecule has 0 amide bonds. The molecule has 3 heterocycles. The first-order valence-corrected chi connectivity index (χ1v) is 24.6. The maximum Gasteiger partial charge on any atom is 0.333 e. The lowest BCUT2D eigenvalue weighted by atomic mass is 9.43. The van der Waals surface area contributed by atoms with Gasteiger partial charge in [-0.25, -0.2) is 0 Å². The van der Waals surface area contributed by atoms with E-state index in [1.165, 1.54) is 100 Å². The van der Waals surface area contributed by atoms with Gasteiger partial charge in [0, 0.05) is 50.2 Å². The van der Waals surface area contributed by atoms with E-state index in [9.17, 15) is 0 Å². The molecule has 4 heteroatoms. The van der Waals surface area contributed by atoms with Crippen LogP contribution >= 0.6 is 0 Å². The van der Waals surface area contributed by atoms with Gasteiger partial charge in [0.1, 0.15) is 0 Å². The predicted molar refractivity (Wildman–Crippen MR) is 290 cm³/mol. The summed E-state index contributed by atoms with van der Waals surface area (Å²) >= 11 is 0. The van der Waals surface area contributed by atoms with E-state index in [1.54, 1.807) is 0 Å². The van der Waals surface area contributed by atoms with E-state index in [0.717, 1.165) is 11.4 Å². The van der Waals surface area contributed by atoms with Crippen LogP contribution in [0.25, 0.3) is 38.8 Å². The average molecular weight is 876 g/mol. The Morgan fingerprint density at radius 3 is 1.63 bits per heavy atom. The molecule has 67 heavy (non-hydrogen) atoms. The van der Waals surface area contributed by atoms with E-state index in [-0.39, 0.29) is 33.9 Å². The predicted octanol–water partition coefficient (Wildman–Crippen LogP) is 15.5. The van der Waals surface area contributed by atoms with Gasteiger partial charge in [-0.2, -0.15) is 0 Å². The molecule has 0 fully saturated rings. The number of hydrogen-bond donors (Lipinski definition) is 0. The number of fused-ring (bicyclic) bond motifs is 8. The Labute approximate surface area is 400 Å². The van der Waals surface area contributed by atoms with E-state index < -0.39 is 0 Å². The minimum absolute atomic E-state index is 0.0100. The summed E-state index contributed by atoms with van der Waals surface area (Å²) in [5.74, 6) is 0. The van der Waals surface area contributed by atoms with Crippen molar-refractivity contribution >= 4 is 73.6 Å². The van der Waals surface area contributed by atoms with Gasteiger partial charge in [0.05, 0.1) is 16.7 Å². The molecule has 11 rings (SSSR count). The standard InChI is InChI=1S/C63H66BN3/c1-59(2,3)39-25-29-45(30-26-39)67-57-46-35-40(60(4,5)6)27-31-49(46)63(13,14)55(57)48-37-42(62(10,11)12)38-53-56(48)64(67)50-32-34-52(65(43-21-17-15-18-22-43)44-23-19-16-20-24-44)54-47-36-41(61(7,8)9)28-33-51(47)66(53)58(50)54/h15-38H,1-14H3. The molecule has 3 aliphatic rings. The Balaban J connectivity index is 1.33. The zero-order chi connectivity index (χ0) is 47.3. The van der Waals surface area contributed by atoms with Gasteiger partial charge in [0.25, 0.3) is 0 Å². The van der Waals surface area contributed by atoms with Crippen LogP contribution in [0.2, 0.25) is 0 Å². The molecule has 0 spiro atoms. The van der Waals surface area contributed by atoms with Gasteiger partial charge in [-0.1, -0.05) is 176 Å². The molecule has 0 N–H and O–H groups in total. The van der Waals surface area contributed by atoms with E-state index >= 15 is 0 Å². The molecule has 0 unspecified atom stereocenters. The third-order valence-corrected chi connectivity index (χ3v) is 15.3. The zero-order valence-electron chi connectivity index (χ0n) is 42.3. The maximum atomic E-state index is 2.77. The van der Waals surface area contributed by atoms with E-state index in [2.05, 4.69) is 257 Å². The molecule has 2 aliphatic heterocycles. The van der Waals surface area contributed by atoms with Gasteiger partial charge in [-0.05, 0) is 138 Å². The van der Waals surface area contributed by atoms with Crippen LogP contribution < -0.4 is 20.6 Å². The van der Waals surface area contributed by atoms with Gasteiger partial charge < -0.3 is 14.3 Å². The normalized spacial score (nSPS) is 15.3. The van der Waals surface area contributed by atoms with Gasteiger partial charge in [0.15, 0.2) is 0 Å². The molecule has 336 valence electrons. The molecule has 0 saturated carbocycles. The largest absolute Gasteiger partial charge is 0.376 e. The number of hydrogen-bond acceptors (Lipinski definition) is 2. The molecule has 1 aliphatic carbocycles. The van der Waals surface area contributed by atoms with Crippen molar-refractivity contribution in [1.29, 1.82) is 0 Å². The summed E-state index contributed by atoms with van der Waals surface area (Å²) in [6.45, 7) is 33.0. The minimum Gasteiger partial charge on any atom is -0.376 e. The van der Waals surface area contributed by atoms with Crippen molar-refractivity contribution in [3.8, 4) is 5.69 Å². The highest BCUT2D eigenvalue weighted by molar-refractivity contribution is 6.94. The molecular formula is C63H66BN3. The van der Waals surface area contributed by atoms with Crippen LogP contribution in [0.15, 0.2) is 146 Å². The van der Waals surface area contributed by atoms with Crippen molar-refractivity contribution in [2.24, 2.45) is 0 Å². The Kier molecular flexibility index (Phi) is 9.30. The highest BCUT2D eigenvalue weighted by atomic mass is 15.2. The van der Waals surface area contributed by atoms with Crippen molar-refractivity contribution in [3.63, 3.8) is 0 Å². The Bertz CT molecular complexity index is 3300. The Morgan fingerprint density at radius 2 is 1.04 bits per heavy atom. The second kappa shape index (κ2) is 14.4. The first-order chi connectivity index (χ1) is 31.5. The fourth-order valence-corrected chi connectivity index (χ4v) is 11.6. The van der Waals surface area contributed by atoms with Gasteiger partial charge in [0.2, 0.25) is 0 Å². The van der Waals surface area contributed by atoms with E-state index in [1.807, 2.05) is 0 Å². The molecule has 0 bridgehead atoms. The molecule has 3 nitrogen and oxygen atoms in total. The number of para-hydroxylation sites is 2. The van der Waals surface area contributed by atoms with Gasteiger partial charge in [-0.15, -0.1) is 0 Å². The second-order valence-corrected chi connectivity index (χ2v) is 24.4. The molecule has 8 aromatic rings. The van der Waals surface area contributed by atoms with Crippen LogP contribution in [-0.2, 0) is 27.1 Å². The number of benzene rings is 7. The summed E-state index contributed by atoms with van der Waals surface area (Å²) in [7, 11) is 0. The van der Waals surface area contributed by atoms with Crippen molar-refractivity contribution in [3.05, 3.63) is 185 Å². The van der Waals surface area contributed by atoms with Crippen molar-refractivity contribution in [2.75, 3.05) is 9.71 Å². The monoisotopic (exact) mass is 876 g/mol. The quantitative estimate of drug-likeness (QED) is 0.163. The van der Waals surface area contributed by atoms with Crippen molar-refractivity contribution in [2.45, 2.75) is 124 Å². The summed E-state index contributed by atoms with van der Waals surface area (Å²) in [5.41, 5.74) is 23.1. The third kappa shape index (κ3) is 6.52. The summed E-state index contributed by atoms with van der Waals surface area (Å²) in [6, 6.07) is 56.3. The van der Waals surface area contributed by atoms with Crippen molar-refractivity contribution in [1.82, 2.24) is 4.57 Å². The minimum atomic E-state index is -0.258. The van der Waals surface area contributed by atoms with E-state index in [4.69, 9.17) is 0 Å². The lowest BCUT2D eigenvalue weighted by Gasteiger charge is -2.44. The first kappa shape index (κ1) is 43.3. The SMILES string of the molecule is CC(C)(C)c1ccc(N2B3c4c(cc(C(C)(C)C)cc4-n4c5ccc(C(C)(C)C)cc5c5c(N(c6ccccc6)c6ccccc6)ccc3c54)C3=C2c2cc(C(C)(C)C)ccc2C3(C)C)cc1. The van der Waals surface area contributed by atoms with Gasteiger partial charge in [-0.3, -0.25) is 0 Å². The summed E-state index contributed by atoms with van der Waals surface area (Å²) in [5, 5.41) is 2.57. The average Bonchev–Trinajstić information content (AvgIpc) is 3.74. The molecule has 0 atom stereocenters. The van der Waals surface area contributed by atoms with Crippen LogP contribution in [-0.4, -0.2) is 11.4 Å². The fourth-order valence-electron chi connectivity index (χ4n) is 11.6. The number of anilines is 4. The third-order valence-electron chi connectivity index (χ3n) is 15.3. The highest BCUT2D eigenvalue weighted by Gasteiger charge is 2.52. The van der Waals surface area contributed by atoms with Crippen molar-refractivity contribution < 1.29 is 0 Å². The smallest absolute Gasteiger partial charge is 0.333 e. The topological polar surface area (TPSA) is 11.4 Å². The van der Waals surface area contributed by atoms with Crippen LogP contribution in [0.5, 0.6) is 0 Å². The fraction of sp³-hybridized carbons (Fsp3) is 0.302. The Hall–Kier alpha value is -6.26. The number of aromatic nitrogens is 1. The molecule has 0 saturated heterocycles.